The first-order chi connectivity index (χ1) is 12.7. The molecule has 1 aromatic heterocycles. The third-order valence-electron chi connectivity index (χ3n) is 4.02. The van der Waals surface area contributed by atoms with Crippen LogP contribution in [0.1, 0.15) is 31.9 Å². The Morgan fingerprint density at radius 2 is 1.89 bits per heavy atom. The lowest BCUT2D eigenvalue weighted by molar-refractivity contribution is -0.384. The van der Waals surface area contributed by atoms with E-state index >= 15 is 0 Å². The summed E-state index contributed by atoms with van der Waals surface area (Å²) in [5.41, 5.74) is 2.86. The zero-order valence-corrected chi connectivity index (χ0v) is 16.0. The van der Waals surface area contributed by atoms with E-state index in [2.05, 4.69) is 43.2 Å². The van der Waals surface area contributed by atoms with Gasteiger partial charge in [-0.15, -0.1) is 0 Å². The highest BCUT2D eigenvalue weighted by molar-refractivity contribution is 7.22. The van der Waals surface area contributed by atoms with E-state index in [0.717, 1.165) is 5.56 Å². The predicted octanol–water partition coefficient (Wildman–Crippen LogP) is 5.15. The number of fused-ring (bicyclic) bond motifs is 1. The van der Waals surface area contributed by atoms with Gasteiger partial charge in [-0.3, -0.25) is 20.2 Å². The highest BCUT2D eigenvalue weighted by Crippen LogP contribution is 2.29. The molecule has 2 aromatic carbocycles. The fourth-order valence-electron chi connectivity index (χ4n) is 2.49. The first-order valence-corrected chi connectivity index (χ1v) is 9.18. The summed E-state index contributed by atoms with van der Waals surface area (Å²) in [7, 11) is 0. The number of hydrogen-bond donors (Lipinski definition) is 1. The molecule has 0 unspecified atom stereocenters. The number of aromatic nitrogens is 1. The van der Waals surface area contributed by atoms with E-state index in [4.69, 9.17) is 0 Å². The summed E-state index contributed by atoms with van der Waals surface area (Å²) in [6, 6.07) is 12.5. The van der Waals surface area contributed by atoms with Gasteiger partial charge < -0.3 is 0 Å². The van der Waals surface area contributed by atoms with Crippen molar-refractivity contribution in [2.45, 2.75) is 26.2 Å². The number of hydrogen-bond acceptors (Lipinski definition) is 5. The van der Waals surface area contributed by atoms with Crippen LogP contribution in [0, 0.1) is 10.1 Å². The quantitative estimate of drug-likeness (QED) is 0.384. The van der Waals surface area contributed by atoms with Crippen LogP contribution < -0.4 is 5.32 Å². The van der Waals surface area contributed by atoms with Gasteiger partial charge in [-0.25, -0.2) is 4.98 Å². The molecule has 27 heavy (non-hydrogen) atoms. The van der Waals surface area contributed by atoms with E-state index in [1.165, 1.54) is 35.1 Å². The number of non-ortho nitro benzene ring substituents is 1. The zero-order chi connectivity index (χ0) is 19.6. The molecule has 0 bridgehead atoms. The maximum absolute atomic E-state index is 12.1. The second-order valence-corrected chi connectivity index (χ2v) is 8.15. The number of carbonyl (C=O) groups is 1. The molecule has 0 radical (unpaired) electrons. The van der Waals surface area contributed by atoms with Gasteiger partial charge in [0.25, 0.3) is 5.69 Å². The Hall–Kier alpha value is -3.06. The Morgan fingerprint density at radius 3 is 2.52 bits per heavy atom. The molecule has 1 heterocycles. The first kappa shape index (κ1) is 18.7. The molecule has 0 saturated carbocycles. The van der Waals surface area contributed by atoms with Crippen molar-refractivity contribution >= 4 is 44.4 Å². The summed E-state index contributed by atoms with van der Waals surface area (Å²) in [5, 5.41) is 13.9. The normalized spacial score (nSPS) is 11.8. The summed E-state index contributed by atoms with van der Waals surface area (Å²) in [6.07, 6.45) is 3.18. The molecule has 1 amide bonds. The van der Waals surface area contributed by atoms with Crippen LogP contribution in [0.5, 0.6) is 0 Å². The van der Waals surface area contributed by atoms with Crippen LogP contribution in [0.4, 0.5) is 10.8 Å². The van der Waals surface area contributed by atoms with Crippen LogP contribution in [-0.2, 0) is 10.2 Å². The molecule has 0 saturated heterocycles. The largest absolute Gasteiger partial charge is 0.298 e. The number of anilines is 1. The van der Waals surface area contributed by atoms with E-state index < -0.39 is 4.92 Å². The van der Waals surface area contributed by atoms with Crippen molar-refractivity contribution < 1.29 is 9.72 Å². The van der Waals surface area contributed by atoms with Crippen molar-refractivity contribution in [3.8, 4) is 0 Å². The molecule has 3 rings (SSSR count). The van der Waals surface area contributed by atoms with Gasteiger partial charge in [-0.2, -0.15) is 0 Å². The molecule has 0 aliphatic carbocycles. The third-order valence-corrected chi connectivity index (χ3v) is 4.95. The van der Waals surface area contributed by atoms with Crippen molar-refractivity contribution in [1.82, 2.24) is 4.98 Å². The maximum atomic E-state index is 12.1. The average molecular weight is 381 g/mol. The number of rotatable bonds is 4. The van der Waals surface area contributed by atoms with E-state index in [1.54, 1.807) is 12.1 Å². The summed E-state index contributed by atoms with van der Waals surface area (Å²) < 4.78 is 0.654. The monoisotopic (exact) mass is 381 g/mol. The standard InChI is InChI=1S/C20H19N3O3S/c1-20(2,3)14-7-4-13(5-8-14)6-11-18(24)22-19-21-16-10-9-15(23(25)26)12-17(16)27-19/h4-12H,1-3H3,(H,21,22,24). The van der Waals surface area contributed by atoms with Gasteiger partial charge >= 0.3 is 0 Å². The topological polar surface area (TPSA) is 85.1 Å². The molecule has 0 aliphatic rings. The van der Waals surface area contributed by atoms with Gasteiger partial charge in [0.2, 0.25) is 5.91 Å². The number of nitrogens with zero attached hydrogens (tertiary/aromatic N) is 2. The van der Waals surface area contributed by atoms with Crippen LogP contribution in [0.2, 0.25) is 0 Å². The molecule has 138 valence electrons. The number of nitro benzene ring substituents is 1. The first-order valence-electron chi connectivity index (χ1n) is 8.37. The fourth-order valence-corrected chi connectivity index (χ4v) is 3.40. The summed E-state index contributed by atoms with van der Waals surface area (Å²) in [6.45, 7) is 6.45. The van der Waals surface area contributed by atoms with Crippen LogP contribution in [0.3, 0.4) is 0 Å². The molecule has 0 aliphatic heterocycles. The Kier molecular flexibility index (Phi) is 5.05. The van der Waals surface area contributed by atoms with E-state index in [0.29, 0.717) is 15.3 Å². The Morgan fingerprint density at radius 1 is 1.19 bits per heavy atom. The SMILES string of the molecule is CC(C)(C)c1ccc(C=CC(=O)Nc2nc3ccc([N+](=O)[O-])cc3s2)cc1. The molecule has 0 atom stereocenters. The minimum absolute atomic E-state index is 0.00243. The molecule has 6 nitrogen and oxygen atoms in total. The van der Waals surface area contributed by atoms with Gasteiger partial charge in [0.1, 0.15) is 0 Å². The predicted molar refractivity (Wildman–Crippen MR) is 109 cm³/mol. The molecule has 0 fully saturated rings. The summed E-state index contributed by atoms with van der Waals surface area (Å²) in [4.78, 5) is 26.8. The maximum Gasteiger partial charge on any atom is 0.270 e. The summed E-state index contributed by atoms with van der Waals surface area (Å²) in [5.74, 6) is -0.302. The molecule has 3 aromatic rings. The zero-order valence-electron chi connectivity index (χ0n) is 15.2. The number of nitrogens with one attached hydrogen (secondary N) is 1. The Balaban J connectivity index is 1.69. The Labute approximate surface area is 160 Å². The number of benzene rings is 2. The van der Waals surface area contributed by atoms with Gasteiger partial charge in [0, 0.05) is 18.2 Å². The molecule has 0 spiro atoms. The highest BCUT2D eigenvalue weighted by atomic mass is 32.1. The fraction of sp³-hybridized carbons (Fsp3) is 0.200. The van der Waals surface area contributed by atoms with Gasteiger partial charge in [-0.1, -0.05) is 56.4 Å². The Bertz CT molecular complexity index is 1030. The number of nitro groups is 1. The molecule has 7 heteroatoms. The van der Waals surface area contributed by atoms with Crippen LogP contribution >= 0.6 is 11.3 Å². The average Bonchev–Trinajstić information content (AvgIpc) is 3.00. The number of carbonyl (C=O) groups excluding carboxylic acids is 1. The van der Waals surface area contributed by atoms with Crippen molar-refractivity contribution in [3.05, 3.63) is 69.8 Å². The minimum Gasteiger partial charge on any atom is -0.298 e. The molecular formula is C20H19N3O3S. The molecule has 1 N–H and O–H groups in total. The third kappa shape index (κ3) is 4.57. The van der Waals surface area contributed by atoms with Crippen molar-refractivity contribution in [3.63, 3.8) is 0 Å². The van der Waals surface area contributed by atoms with E-state index in [1.807, 2.05) is 12.1 Å². The lowest BCUT2D eigenvalue weighted by Crippen LogP contribution is -2.10. The second kappa shape index (κ2) is 7.28. The van der Waals surface area contributed by atoms with Gasteiger partial charge in [0.15, 0.2) is 5.13 Å². The number of thiazole rings is 1. The number of amides is 1. The summed E-state index contributed by atoms with van der Waals surface area (Å²) >= 11 is 1.20. The second-order valence-electron chi connectivity index (χ2n) is 7.12. The van der Waals surface area contributed by atoms with Gasteiger partial charge in [-0.05, 0) is 28.7 Å². The van der Waals surface area contributed by atoms with Crippen LogP contribution in [0.15, 0.2) is 48.5 Å². The smallest absolute Gasteiger partial charge is 0.270 e. The van der Waals surface area contributed by atoms with Crippen molar-refractivity contribution in [2.24, 2.45) is 0 Å². The molecular weight excluding hydrogens is 362 g/mol. The van der Waals surface area contributed by atoms with Gasteiger partial charge in [0.05, 0.1) is 15.1 Å². The lowest BCUT2D eigenvalue weighted by atomic mass is 9.87. The van der Waals surface area contributed by atoms with Crippen LogP contribution in [0.25, 0.3) is 16.3 Å². The van der Waals surface area contributed by atoms with E-state index in [-0.39, 0.29) is 17.0 Å². The van der Waals surface area contributed by atoms with Crippen LogP contribution in [-0.4, -0.2) is 15.8 Å². The van der Waals surface area contributed by atoms with Crippen molar-refractivity contribution in [2.75, 3.05) is 5.32 Å². The van der Waals surface area contributed by atoms with E-state index in [9.17, 15) is 14.9 Å². The lowest BCUT2D eigenvalue weighted by Gasteiger charge is -2.18. The van der Waals surface area contributed by atoms with Crippen molar-refractivity contribution in [1.29, 1.82) is 0 Å². The minimum atomic E-state index is -0.453. The highest BCUT2D eigenvalue weighted by Gasteiger charge is 2.13.